The topological polar surface area (TPSA) is 35.2 Å². The van der Waals surface area contributed by atoms with Gasteiger partial charge in [-0.1, -0.05) is 35.9 Å². The smallest absolute Gasteiger partial charge is 0.119 e. The summed E-state index contributed by atoms with van der Waals surface area (Å²) in [6.45, 7) is 1.24. The summed E-state index contributed by atoms with van der Waals surface area (Å²) < 4.78 is 5.66. The van der Waals surface area contributed by atoms with Crippen molar-refractivity contribution < 1.29 is 4.74 Å². The van der Waals surface area contributed by atoms with Crippen LogP contribution in [0.15, 0.2) is 48.5 Å². The molecule has 2 aromatic rings. The molecule has 0 amide bonds. The monoisotopic (exact) mass is 261 g/mol. The van der Waals surface area contributed by atoms with Crippen LogP contribution in [0.3, 0.4) is 0 Å². The highest BCUT2D eigenvalue weighted by atomic mass is 35.5. The maximum Gasteiger partial charge on any atom is 0.119 e. The van der Waals surface area contributed by atoms with Gasteiger partial charge in [0.1, 0.15) is 12.4 Å². The van der Waals surface area contributed by atoms with Crippen LogP contribution in [-0.2, 0) is 13.0 Å². The van der Waals surface area contributed by atoms with Gasteiger partial charge >= 0.3 is 0 Å². The molecule has 0 unspecified atom stereocenters. The van der Waals surface area contributed by atoms with Crippen molar-refractivity contribution in [3.8, 4) is 5.75 Å². The molecular weight excluding hydrogens is 246 g/mol. The minimum Gasteiger partial charge on any atom is -0.489 e. The molecule has 0 aliphatic rings. The van der Waals surface area contributed by atoms with E-state index in [2.05, 4.69) is 24.3 Å². The van der Waals surface area contributed by atoms with Gasteiger partial charge in [0.05, 0.1) is 0 Å². The van der Waals surface area contributed by atoms with Crippen LogP contribution in [0, 0.1) is 0 Å². The van der Waals surface area contributed by atoms with E-state index in [1.165, 1.54) is 5.56 Å². The maximum absolute atomic E-state index is 5.81. The second-order valence-corrected chi connectivity index (χ2v) is 4.53. The molecule has 94 valence electrons. The summed E-state index contributed by atoms with van der Waals surface area (Å²) in [4.78, 5) is 0. The Labute approximate surface area is 112 Å². The molecule has 2 nitrogen and oxygen atoms in total. The zero-order valence-corrected chi connectivity index (χ0v) is 10.9. The first kappa shape index (κ1) is 12.9. The molecule has 0 atom stereocenters. The van der Waals surface area contributed by atoms with Crippen LogP contribution in [0.2, 0.25) is 5.02 Å². The summed E-state index contributed by atoms with van der Waals surface area (Å²) >= 11 is 5.81. The van der Waals surface area contributed by atoms with Gasteiger partial charge in [-0.25, -0.2) is 0 Å². The molecule has 3 heteroatoms. The summed E-state index contributed by atoms with van der Waals surface area (Å²) in [6, 6.07) is 15.7. The molecule has 18 heavy (non-hydrogen) atoms. The van der Waals surface area contributed by atoms with Gasteiger partial charge < -0.3 is 10.5 Å². The van der Waals surface area contributed by atoms with E-state index in [0.717, 1.165) is 17.7 Å². The van der Waals surface area contributed by atoms with Gasteiger partial charge in [-0.05, 0) is 48.4 Å². The van der Waals surface area contributed by atoms with Crippen molar-refractivity contribution in [2.75, 3.05) is 6.54 Å². The van der Waals surface area contributed by atoms with Crippen molar-refractivity contribution in [1.29, 1.82) is 0 Å². The number of halogens is 1. The van der Waals surface area contributed by atoms with Gasteiger partial charge in [0.15, 0.2) is 0 Å². The lowest BCUT2D eigenvalue weighted by molar-refractivity contribution is 0.306. The highest BCUT2D eigenvalue weighted by Crippen LogP contribution is 2.17. The first-order chi connectivity index (χ1) is 8.78. The lowest BCUT2D eigenvalue weighted by Crippen LogP contribution is -2.02. The molecule has 2 N–H and O–H groups in total. The Hall–Kier alpha value is -1.51. The average Bonchev–Trinajstić information content (AvgIpc) is 2.40. The predicted molar refractivity (Wildman–Crippen MR) is 75.0 cm³/mol. The molecule has 0 aliphatic heterocycles. The number of nitrogens with two attached hydrogens (primary N) is 1. The van der Waals surface area contributed by atoms with Crippen molar-refractivity contribution in [1.82, 2.24) is 0 Å². The fourth-order valence-corrected chi connectivity index (χ4v) is 1.79. The van der Waals surface area contributed by atoms with E-state index in [0.29, 0.717) is 18.2 Å². The number of hydrogen-bond acceptors (Lipinski definition) is 2. The Kier molecular flexibility index (Phi) is 4.62. The molecule has 0 spiro atoms. The van der Waals surface area contributed by atoms with E-state index in [1.807, 2.05) is 24.3 Å². The van der Waals surface area contributed by atoms with E-state index in [4.69, 9.17) is 22.1 Å². The first-order valence-electron chi connectivity index (χ1n) is 5.94. The van der Waals surface area contributed by atoms with Crippen LogP contribution in [0.4, 0.5) is 0 Å². The van der Waals surface area contributed by atoms with Crippen molar-refractivity contribution >= 4 is 11.6 Å². The fourth-order valence-electron chi connectivity index (χ4n) is 1.67. The first-order valence-corrected chi connectivity index (χ1v) is 6.32. The third-order valence-electron chi connectivity index (χ3n) is 2.68. The normalized spacial score (nSPS) is 10.3. The molecule has 0 aromatic heterocycles. The molecule has 0 fully saturated rings. The van der Waals surface area contributed by atoms with Crippen molar-refractivity contribution in [3.63, 3.8) is 0 Å². The molecule has 0 saturated carbocycles. The van der Waals surface area contributed by atoms with Crippen LogP contribution >= 0.6 is 11.6 Å². The van der Waals surface area contributed by atoms with Crippen LogP contribution < -0.4 is 10.5 Å². The summed E-state index contributed by atoms with van der Waals surface area (Å²) in [7, 11) is 0. The molecule has 0 bridgehead atoms. The SMILES string of the molecule is NCCc1ccc(COc2ccc(Cl)cc2)cc1. The molecule has 0 heterocycles. The van der Waals surface area contributed by atoms with Crippen LogP contribution in [-0.4, -0.2) is 6.54 Å². The van der Waals surface area contributed by atoms with Gasteiger partial charge in [-0.15, -0.1) is 0 Å². The Morgan fingerprint density at radius 1 is 0.889 bits per heavy atom. The molecule has 0 saturated heterocycles. The van der Waals surface area contributed by atoms with Crippen molar-refractivity contribution in [2.24, 2.45) is 5.73 Å². The number of rotatable bonds is 5. The van der Waals surface area contributed by atoms with Gasteiger partial charge in [0.25, 0.3) is 0 Å². The minimum atomic E-state index is 0.560. The molecule has 0 radical (unpaired) electrons. The second-order valence-electron chi connectivity index (χ2n) is 4.10. The third-order valence-corrected chi connectivity index (χ3v) is 2.93. The van der Waals surface area contributed by atoms with E-state index in [-0.39, 0.29) is 0 Å². The second kappa shape index (κ2) is 6.43. The molecular formula is C15H16ClNO. The number of benzene rings is 2. The van der Waals surface area contributed by atoms with Gasteiger partial charge in [0.2, 0.25) is 0 Å². The van der Waals surface area contributed by atoms with Crippen molar-refractivity contribution in [2.45, 2.75) is 13.0 Å². The van der Waals surface area contributed by atoms with Crippen LogP contribution in [0.5, 0.6) is 5.75 Å². The Morgan fingerprint density at radius 3 is 2.11 bits per heavy atom. The summed E-state index contributed by atoms with van der Waals surface area (Å²) in [5.74, 6) is 0.824. The molecule has 2 aromatic carbocycles. The third kappa shape index (κ3) is 3.76. The Bertz CT molecular complexity index is 479. The van der Waals surface area contributed by atoms with Gasteiger partial charge in [-0.3, -0.25) is 0 Å². The Balaban J connectivity index is 1.91. The molecule has 0 aliphatic carbocycles. The van der Waals surface area contributed by atoms with E-state index in [9.17, 15) is 0 Å². The van der Waals surface area contributed by atoms with E-state index >= 15 is 0 Å². The standard InChI is InChI=1S/C15H16ClNO/c16-14-5-7-15(8-6-14)18-11-13-3-1-12(2-4-13)9-10-17/h1-8H,9-11,17H2. The fraction of sp³-hybridized carbons (Fsp3) is 0.200. The quantitative estimate of drug-likeness (QED) is 0.895. The minimum absolute atomic E-state index is 0.560. The zero-order valence-electron chi connectivity index (χ0n) is 10.1. The maximum atomic E-state index is 5.81. The van der Waals surface area contributed by atoms with Gasteiger partial charge in [0, 0.05) is 5.02 Å². The Morgan fingerprint density at radius 2 is 1.50 bits per heavy atom. The zero-order chi connectivity index (χ0) is 12.8. The van der Waals surface area contributed by atoms with E-state index in [1.54, 1.807) is 0 Å². The average molecular weight is 262 g/mol. The molecule has 2 rings (SSSR count). The van der Waals surface area contributed by atoms with Crippen LogP contribution in [0.1, 0.15) is 11.1 Å². The summed E-state index contributed by atoms with van der Waals surface area (Å²) in [5.41, 5.74) is 7.91. The highest BCUT2D eigenvalue weighted by Gasteiger charge is 1.97. The van der Waals surface area contributed by atoms with Crippen LogP contribution in [0.25, 0.3) is 0 Å². The number of hydrogen-bond donors (Lipinski definition) is 1. The highest BCUT2D eigenvalue weighted by molar-refractivity contribution is 6.30. The lowest BCUT2D eigenvalue weighted by Gasteiger charge is -2.07. The lowest BCUT2D eigenvalue weighted by atomic mass is 10.1. The van der Waals surface area contributed by atoms with Gasteiger partial charge in [-0.2, -0.15) is 0 Å². The number of ether oxygens (including phenoxy) is 1. The summed E-state index contributed by atoms with van der Waals surface area (Å²) in [5, 5.41) is 0.716. The largest absolute Gasteiger partial charge is 0.489 e. The van der Waals surface area contributed by atoms with Crippen molar-refractivity contribution in [3.05, 3.63) is 64.7 Å². The summed E-state index contributed by atoms with van der Waals surface area (Å²) in [6.07, 6.45) is 0.915. The van der Waals surface area contributed by atoms with E-state index < -0.39 is 0 Å². The predicted octanol–water partition coefficient (Wildman–Crippen LogP) is 3.42.